The van der Waals surface area contributed by atoms with Gasteiger partial charge >= 0.3 is 0 Å². The van der Waals surface area contributed by atoms with E-state index in [1.165, 1.54) is 0 Å². The number of fused-ring (bicyclic) bond motifs is 3. The van der Waals surface area contributed by atoms with Crippen LogP contribution in [0.15, 0.2) is 41.1 Å². The van der Waals surface area contributed by atoms with Crippen molar-refractivity contribution in [3.05, 3.63) is 52.4 Å². The number of piperidine rings is 1. The molecule has 0 aliphatic carbocycles. The highest BCUT2D eigenvalue weighted by atomic mass is 79.9. The molecule has 1 spiro atoms. The van der Waals surface area contributed by atoms with E-state index in [9.17, 15) is 14.4 Å². The molecular formula is C21H18BrN5O3. The molecule has 0 atom stereocenters. The third-order valence-corrected chi connectivity index (χ3v) is 6.78. The van der Waals surface area contributed by atoms with Crippen molar-refractivity contribution in [3.8, 4) is 0 Å². The topological polar surface area (TPSA) is 99.3 Å². The van der Waals surface area contributed by atoms with Crippen LogP contribution in [-0.4, -0.2) is 57.8 Å². The molecule has 30 heavy (non-hydrogen) atoms. The molecule has 0 bridgehead atoms. The normalized spacial score (nSPS) is 17.6. The van der Waals surface area contributed by atoms with Crippen LogP contribution in [0.25, 0.3) is 10.9 Å². The smallest absolute Gasteiger partial charge is 0.272 e. The van der Waals surface area contributed by atoms with Crippen LogP contribution in [0.4, 0.5) is 5.69 Å². The van der Waals surface area contributed by atoms with Gasteiger partial charge in [0.1, 0.15) is 12.0 Å². The number of amides is 2. The maximum Gasteiger partial charge on any atom is 0.272 e. The number of likely N-dealkylation sites (tertiary alicyclic amines) is 1. The Labute approximate surface area is 180 Å². The number of H-pyrrole nitrogens is 1. The van der Waals surface area contributed by atoms with E-state index in [2.05, 4.69) is 31.1 Å². The predicted octanol–water partition coefficient (Wildman–Crippen LogP) is 2.44. The van der Waals surface area contributed by atoms with Gasteiger partial charge in [-0.3, -0.25) is 14.7 Å². The predicted molar refractivity (Wildman–Crippen MR) is 113 cm³/mol. The summed E-state index contributed by atoms with van der Waals surface area (Å²) in [6.07, 6.45) is 5.00. The number of benzene rings is 1. The van der Waals surface area contributed by atoms with Gasteiger partial charge in [-0.25, -0.2) is 4.98 Å². The molecule has 0 saturated carbocycles. The summed E-state index contributed by atoms with van der Waals surface area (Å²) in [5.41, 5.74) is 2.10. The van der Waals surface area contributed by atoms with E-state index in [-0.39, 0.29) is 18.4 Å². The molecule has 2 amide bonds. The average molecular weight is 468 g/mol. The number of nitrogens with zero attached hydrogens (tertiary/aromatic N) is 4. The zero-order valence-corrected chi connectivity index (χ0v) is 17.6. The summed E-state index contributed by atoms with van der Waals surface area (Å²) in [4.78, 5) is 45.1. The Morgan fingerprint density at radius 3 is 2.83 bits per heavy atom. The number of carbonyl (C=O) groups is 3. The summed E-state index contributed by atoms with van der Waals surface area (Å²) in [5, 5.41) is 7.61. The second-order valence-corrected chi connectivity index (χ2v) is 8.47. The van der Waals surface area contributed by atoms with Gasteiger partial charge < -0.3 is 14.6 Å². The van der Waals surface area contributed by atoms with Crippen molar-refractivity contribution in [3.63, 3.8) is 0 Å². The summed E-state index contributed by atoms with van der Waals surface area (Å²) in [5.74, 6) is -0.225. The number of hydrogen-bond acceptors (Lipinski definition) is 5. The molecule has 1 saturated heterocycles. The Morgan fingerprint density at radius 2 is 2.07 bits per heavy atom. The van der Waals surface area contributed by atoms with Crippen molar-refractivity contribution in [1.82, 2.24) is 20.1 Å². The fourth-order valence-corrected chi connectivity index (χ4v) is 5.35. The molecular weight excluding hydrogens is 450 g/mol. The number of aromatic amines is 1. The number of aromatic nitrogens is 3. The lowest BCUT2D eigenvalue weighted by atomic mass is 9.73. The quantitative estimate of drug-likeness (QED) is 0.596. The number of aldehydes is 1. The first-order valence-electron chi connectivity index (χ1n) is 9.68. The van der Waals surface area contributed by atoms with Gasteiger partial charge in [0.15, 0.2) is 0 Å². The molecule has 2 aliphatic rings. The van der Waals surface area contributed by atoms with E-state index in [4.69, 9.17) is 0 Å². The largest absolute Gasteiger partial charge is 0.337 e. The Morgan fingerprint density at radius 1 is 1.27 bits per heavy atom. The summed E-state index contributed by atoms with van der Waals surface area (Å²) in [7, 11) is 0. The molecule has 0 unspecified atom stereocenters. The molecule has 2 aromatic heterocycles. The van der Waals surface area contributed by atoms with Crippen LogP contribution in [0.3, 0.4) is 0 Å². The number of nitrogens with one attached hydrogen (secondary N) is 1. The molecule has 3 aromatic rings. The Hall–Kier alpha value is -3.07. The SMILES string of the molecule is O=CCN1C(=O)C2(CCN(C(=O)c3cc4cn[nH]c4cn3)CC2)c2c(Br)cccc21. The van der Waals surface area contributed by atoms with E-state index in [1.807, 2.05) is 18.2 Å². The minimum atomic E-state index is -0.725. The number of anilines is 1. The van der Waals surface area contributed by atoms with E-state index < -0.39 is 5.41 Å². The van der Waals surface area contributed by atoms with Gasteiger partial charge in [0.05, 0.1) is 29.9 Å². The second-order valence-electron chi connectivity index (χ2n) is 7.62. The van der Waals surface area contributed by atoms with Gasteiger partial charge in [-0.2, -0.15) is 5.10 Å². The maximum atomic E-state index is 13.4. The van der Waals surface area contributed by atoms with Gasteiger partial charge in [0.25, 0.3) is 5.91 Å². The summed E-state index contributed by atoms with van der Waals surface area (Å²) in [6, 6.07) is 7.38. The number of rotatable bonds is 3. The summed E-state index contributed by atoms with van der Waals surface area (Å²) in [6.45, 7) is 0.901. The Balaban J connectivity index is 1.43. The van der Waals surface area contributed by atoms with Crippen LogP contribution in [0.2, 0.25) is 0 Å². The van der Waals surface area contributed by atoms with E-state index in [0.717, 1.165) is 32.9 Å². The zero-order valence-electron chi connectivity index (χ0n) is 16.0. The van der Waals surface area contributed by atoms with E-state index in [1.54, 1.807) is 28.3 Å². The van der Waals surface area contributed by atoms with Crippen LogP contribution in [0.5, 0.6) is 0 Å². The second kappa shape index (κ2) is 7.02. The minimum Gasteiger partial charge on any atom is -0.337 e. The lowest BCUT2D eigenvalue weighted by Crippen LogP contribution is -2.50. The molecule has 1 N–H and O–H groups in total. The Kier molecular flexibility index (Phi) is 4.43. The first-order valence-corrected chi connectivity index (χ1v) is 10.5. The van der Waals surface area contributed by atoms with Gasteiger partial charge in [0, 0.05) is 34.2 Å². The third-order valence-electron chi connectivity index (χ3n) is 6.12. The molecule has 8 nitrogen and oxygen atoms in total. The lowest BCUT2D eigenvalue weighted by molar-refractivity contribution is -0.125. The van der Waals surface area contributed by atoms with Crippen LogP contribution >= 0.6 is 15.9 Å². The van der Waals surface area contributed by atoms with Crippen molar-refractivity contribution in [2.24, 2.45) is 0 Å². The molecule has 2 aliphatic heterocycles. The van der Waals surface area contributed by atoms with Crippen LogP contribution in [0, 0.1) is 0 Å². The minimum absolute atomic E-state index is 0.0291. The fraction of sp³-hybridized carbons (Fsp3) is 0.286. The monoisotopic (exact) mass is 467 g/mol. The third kappa shape index (κ3) is 2.68. The van der Waals surface area contributed by atoms with E-state index >= 15 is 0 Å². The lowest BCUT2D eigenvalue weighted by Gasteiger charge is -2.38. The zero-order chi connectivity index (χ0) is 20.9. The van der Waals surface area contributed by atoms with Gasteiger partial charge in [-0.1, -0.05) is 22.0 Å². The van der Waals surface area contributed by atoms with Crippen molar-refractivity contribution in [2.75, 3.05) is 24.5 Å². The first kappa shape index (κ1) is 18.9. The van der Waals surface area contributed by atoms with Crippen LogP contribution in [0.1, 0.15) is 28.9 Å². The Bertz CT molecular complexity index is 1180. The molecule has 152 valence electrons. The van der Waals surface area contributed by atoms with Gasteiger partial charge in [-0.05, 0) is 31.0 Å². The van der Waals surface area contributed by atoms with Crippen LogP contribution < -0.4 is 4.90 Å². The van der Waals surface area contributed by atoms with E-state index in [0.29, 0.717) is 31.6 Å². The number of hydrogen-bond donors (Lipinski definition) is 1. The highest BCUT2D eigenvalue weighted by Gasteiger charge is 2.53. The van der Waals surface area contributed by atoms with Gasteiger partial charge in [-0.15, -0.1) is 0 Å². The van der Waals surface area contributed by atoms with Crippen molar-refractivity contribution < 1.29 is 14.4 Å². The van der Waals surface area contributed by atoms with Crippen molar-refractivity contribution >= 4 is 50.6 Å². The molecule has 5 rings (SSSR count). The molecule has 1 fully saturated rings. The summed E-state index contributed by atoms with van der Waals surface area (Å²) >= 11 is 3.60. The standard InChI is InChI=1S/C21H18BrN5O3/c22-14-2-1-3-17-18(14)21(20(30)27(17)8-9-28)4-6-26(7-5-21)19(29)15-10-13-11-24-25-16(13)12-23-15/h1-3,9-12H,4-8H2,(H,24,25). The first-order chi connectivity index (χ1) is 14.5. The number of halogens is 1. The highest BCUT2D eigenvalue weighted by Crippen LogP contribution is 2.50. The number of pyridine rings is 1. The maximum absolute atomic E-state index is 13.4. The highest BCUT2D eigenvalue weighted by molar-refractivity contribution is 9.10. The molecule has 1 aromatic carbocycles. The van der Waals surface area contributed by atoms with Crippen molar-refractivity contribution in [1.29, 1.82) is 0 Å². The van der Waals surface area contributed by atoms with Crippen LogP contribution in [-0.2, 0) is 15.0 Å². The average Bonchev–Trinajstić information content (AvgIpc) is 3.32. The van der Waals surface area contributed by atoms with Crippen molar-refractivity contribution in [2.45, 2.75) is 18.3 Å². The summed E-state index contributed by atoms with van der Waals surface area (Å²) < 4.78 is 0.855. The fourth-order valence-electron chi connectivity index (χ4n) is 4.62. The number of carbonyl (C=O) groups excluding carboxylic acids is 3. The molecule has 9 heteroatoms. The molecule has 4 heterocycles. The molecule has 0 radical (unpaired) electrons. The van der Waals surface area contributed by atoms with Gasteiger partial charge in [0.2, 0.25) is 5.91 Å².